The van der Waals surface area contributed by atoms with Crippen LogP contribution in [0.4, 0.5) is 0 Å². The van der Waals surface area contributed by atoms with E-state index in [1.54, 1.807) is 11.3 Å². The fraction of sp³-hybridized carbons (Fsp3) is 0.500. The second-order valence-electron chi connectivity index (χ2n) is 8.19. The molecule has 3 heterocycles. The topological polar surface area (TPSA) is 54.3 Å². The predicted molar refractivity (Wildman–Crippen MR) is 115 cm³/mol. The van der Waals surface area contributed by atoms with Crippen molar-refractivity contribution in [1.82, 2.24) is 24.3 Å². The number of aromatic nitrogens is 3. The van der Waals surface area contributed by atoms with Crippen molar-refractivity contribution in [2.75, 3.05) is 26.2 Å². The van der Waals surface area contributed by atoms with Crippen LogP contribution < -0.4 is 0 Å². The van der Waals surface area contributed by atoms with Gasteiger partial charge in [0.2, 0.25) is 5.91 Å². The van der Waals surface area contributed by atoms with E-state index in [-0.39, 0.29) is 5.91 Å². The quantitative estimate of drug-likeness (QED) is 0.648. The molecule has 5 rings (SSSR count). The Morgan fingerprint density at radius 1 is 1.14 bits per heavy atom. The predicted octanol–water partition coefficient (Wildman–Crippen LogP) is 3.41. The number of para-hydroxylation sites is 2. The maximum absolute atomic E-state index is 13.2. The molecule has 0 unspecified atom stereocenters. The summed E-state index contributed by atoms with van der Waals surface area (Å²) in [6.07, 6.45) is 3.38. The van der Waals surface area contributed by atoms with E-state index in [0.29, 0.717) is 12.5 Å². The van der Waals surface area contributed by atoms with Gasteiger partial charge in [0.1, 0.15) is 12.4 Å². The molecule has 1 saturated carbocycles. The lowest BCUT2D eigenvalue weighted by molar-refractivity contribution is -0.131. The zero-order valence-corrected chi connectivity index (χ0v) is 17.7. The third-order valence-corrected chi connectivity index (χ3v) is 6.74. The van der Waals surface area contributed by atoms with Gasteiger partial charge in [-0.25, -0.2) is 9.97 Å². The Morgan fingerprint density at radius 3 is 2.79 bits per heavy atom. The van der Waals surface area contributed by atoms with Crippen molar-refractivity contribution < 1.29 is 4.79 Å². The lowest BCUT2D eigenvalue weighted by Gasteiger charge is -2.22. The fourth-order valence-corrected chi connectivity index (χ4v) is 4.84. The summed E-state index contributed by atoms with van der Waals surface area (Å²) in [6, 6.07) is 8.19. The van der Waals surface area contributed by atoms with Crippen LogP contribution in [0, 0.1) is 6.92 Å². The minimum atomic E-state index is 0.210. The number of rotatable bonds is 5. The Balaban J connectivity index is 1.27. The Bertz CT molecular complexity index is 1020. The summed E-state index contributed by atoms with van der Waals surface area (Å²) in [5, 5.41) is 3.26. The fourth-order valence-electron chi connectivity index (χ4n) is 4.24. The van der Waals surface area contributed by atoms with Gasteiger partial charge in [0.05, 0.1) is 21.7 Å². The SMILES string of the molecule is Cc1nc(CN2CCCN(C(=O)Cn3c(C4CC4)nc4ccccc43)CC2)cs1. The summed E-state index contributed by atoms with van der Waals surface area (Å²) < 4.78 is 2.16. The molecule has 0 radical (unpaired) electrons. The Labute approximate surface area is 175 Å². The largest absolute Gasteiger partial charge is 0.340 e. The molecule has 1 aliphatic carbocycles. The van der Waals surface area contributed by atoms with Crippen LogP contribution in [0.15, 0.2) is 29.6 Å². The molecule has 7 heteroatoms. The molecule has 1 aliphatic heterocycles. The number of hydrogen-bond donors (Lipinski definition) is 0. The number of carbonyl (C=O) groups excluding carboxylic acids is 1. The molecule has 1 aromatic carbocycles. The third-order valence-electron chi connectivity index (χ3n) is 5.91. The molecule has 0 spiro atoms. The van der Waals surface area contributed by atoms with Crippen LogP contribution >= 0.6 is 11.3 Å². The number of aryl methyl sites for hydroxylation is 1. The van der Waals surface area contributed by atoms with E-state index in [9.17, 15) is 4.79 Å². The van der Waals surface area contributed by atoms with Crippen molar-refractivity contribution in [2.45, 2.75) is 45.2 Å². The highest BCUT2D eigenvalue weighted by Crippen LogP contribution is 2.40. The van der Waals surface area contributed by atoms with Crippen LogP contribution in [-0.4, -0.2) is 56.4 Å². The second kappa shape index (κ2) is 7.88. The number of benzene rings is 1. The van der Waals surface area contributed by atoms with Crippen LogP contribution in [0.1, 0.15) is 41.7 Å². The summed E-state index contributed by atoms with van der Waals surface area (Å²) in [5.41, 5.74) is 3.23. The third kappa shape index (κ3) is 4.07. The van der Waals surface area contributed by atoms with Gasteiger partial charge in [-0.3, -0.25) is 9.69 Å². The Morgan fingerprint density at radius 2 is 2.00 bits per heavy atom. The molecule has 2 fully saturated rings. The summed E-state index contributed by atoms with van der Waals surface area (Å²) >= 11 is 1.70. The van der Waals surface area contributed by atoms with Crippen molar-refractivity contribution in [3.8, 4) is 0 Å². The molecule has 1 amide bonds. The van der Waals surface area contributed by atoms with Crippen molar-refractivity contribution in [1.29, 1.82) is 0 Å². The number of amides is 1. The van der Waals surface area contributed by atoms with E-state index in [0.717, 1.165) is 66.7 Å². The molecule has 6 nitrogen and oxygen atoms in total. The molecule has 3 aromatic rings. The number of fused-ring (bicyclic) bond motifs is 1. The van der Waals surface area contributed by atoms with Crippen molar-refractivity contribution >= 4 is 28.3 Å². The van der Waals surface area contributed by atoms with Crippen molar-refractivity contribution in [2.24, 2.45) is 0 Å². The van der Waals surface area contributed by atoms with E-state index in [1.807, 2.05) is 30.0 Å². The van der Waals surface area contributed by atoms with Gasteiger partial charge in [-0.2, -0.15) is 0 Å². The van der Waals surface area contributed by atoms with E-state index in [4.69, 9.17) is 4.98 Å². The van der Waals surface area contributed by atoms with E-state index >= 15 is 0 Å². The van der Waals surface area contributed by atoms with Crippen LogP contribution in [-0.2, 0) is 17.9 Å². The summed E-state index contributed by atoms with van der Waals surface area (Å²) in [4.78, 5) is 27.1. The minimum absolute atomic E-state index is 0.210. The van der Waals surface area contributed by atoms with Gasteiger partial charge in [0.15, 0.2) is 0 Å². The highest BCUT2D eigenvalue weighted by Gasteiger charge is 2.31. The van der Waals surface area contributed by atoms with Gasteiger partial charge in [0.25, 0.3) is 0 Å². The van der Waals surface area contributed by atoms with Crippen molar-refractivity contribution in [3.05, 3.63) is 46.2 Å². The average molecular weight is 410 g/mol. The second-order valence-corrected chi connectivity index (χ2v) is 9.25. The first-order chi connectivity index (χ1) is 14.2. The molecular weight excluding hydrogens is 382 g/mol. The maximum Gasteiger partial charge on any atom is 0.242 e. The molecular formula is C22H27N5OS. The lowest BCUT2D eigenvalue weighted by atomic mass is 10.3. The van der Waals surface area contributed by atoms with E-state index < -0.39 is 0 Å². The number of thiazole rings is 1. The van der Waals surface area contributed by atoms with E-state index in [2.05, 4.69) is 25.9 Å². The summed E-state index contributed by atoms with van der Waals surface area (Å²) in [7, 11) is 0. The first-order valence-corrected chi connectivity index (χ1v) is 11.4. The molecule has 0 bridgehead atoms. The highest BCUT2D eigenvalue weighted by molar-refractivity contribution is 7.09. The molecule has 2 aromatic heterocycles. The summed E-state index contributed by atoms with van der Waals surface area (Å²) in [5.74, 6) is 1.83. The van der Waals surface area contributed by atoms with Gasteiger partial charge in [-0.1, -0.05) is 12.1 Å². The van der Waals surface area contributed by atoms with E-state index in [1.165, 1.54) is 12.8 Å². The van der Waals surface area contributed by atoms with Crippen LogP contribution in [0.3, 0.4) is 0 Å². The lowest BCUT2D eigenvalue weighted by Crippen LogP contribution is -2.37. The average Bonchev–Trinajstić information content (AvgIpc) is 3.44. The molecule has 1 saturated heterocycles. The van der Waals surface area contributed by atoms with Crippen molar-refractivity contribution in [3.63, 3.8) is 0 Å². The smallest absolute Gasteiger partial charge is 0.242 e. The van der Waals surface area contributed by atoms with Crippen LogP contribution in [0.25, 0.3) is 11.0 Å². The number of hydrogen-bond acceptors (Lipinski definition) is 5. The Hall–Kier alpha value is -2.25. The first-order valence-electron chi connectivity index (χ1n) is 10.5. The number of nitrogens with zero attached hydrogens (tertiary/aromatic N) is 5. The van der Waals surface area contributed by atoms with Crippen LogP contribution in [0.5, 0.6) is 0 Å². The normalized spacial score (nSPS) is 18.3. The molecule has 29 heavy (non-hydrogen) atoms. The van der Waals surface area contributed by atoms with Gasteiger partial charge in [-0.05, 0) is 38.3 Å². The Kier molecular flexibility index (Phi) is 5.09. The molecule has 0 N–H and O–H groups in total. The standard InChI is InChI=1S/C22H27N5OS/c1-16-23-18(15-29-16)13-25-9-4-10-26(12-11-25)21(28)14-27-20-6-3-2-5-19(20)24-22(27)17-7-8-17/h2-3,5-6,15,17H,4,7-14H2,1H3. The van der Waals surface area contributed by atoms with Gasteiger partial charge >= 0.3 is 0 Å². The molecule has 152 valence electrons. The first kappa shape index (κ1) is 18.8. The number of carbonyl (C=O) groups is 1. The van der Waals surface area contributed by atoms with Crippen LogP contribution in [0.2, 0.25) is 0 Å². The summed E-state index contributed by atoms with van der Waals surface area (Å²) in [6.45, 7) is 6.86. The minimum Gasteiger partial charge on any atom is -0.340 e. The highest BCUT2D eigenvalue weighted by atomic mass is 32.1. The van der Waals surface area contributed by atoms with Gasteiger partial charge in [-0.15, -0.1) is 11.3 Å². The zero-order valence-electron chi connectivity index (χ0n) is 16.9. The van der Waals surface area contributed by atoms with Gasteiger partial charge < -0.3 is 9.47 Å². The molecule has 2 aliphatic rings. The number of imidazole rings is 1. The van der Waals surface area contributed by atoms with Gasteiger partial charge in [0, 0.05) is 44.0 Å². The zero-order chi connectivity index (χ0) is 19.8. The monoisotopic (exact) mass is 409 g/mol. The maximum atomic E-state index is 13.2. The molecule has 0 atom stereocenters.